The predicted octanol–water partition coefficient (Wildman–Crippen LogP) is 3.89. The van der Waals surface area contributed by atoms with E-state index in [1.54, 1.807) is 28.1 Å². The zero-order chi connectivity index (χ0) is 21.4. The van der Waals surface area contributed by atoms with E-state index in [1.807, 2.05) is 36.4 Å². The van der Waals surface area contributed by atoms with Crippen LogP contribution >= 0.6 is 11.3 Å². The van der Waals surface area contributed by atoms with E-state index < -0.39 is 5.97 Å². The molecule has 5 aromatic rings. The molecule has 2 aromatic carbocycles. The van der Waals surface area contributed by atoms with E-state index in [1.165, 1.54) is 17.5 Å². The van der Waals surface area contributed by atoms with Gasteiger partial charge in [-0.15, -0.1) is 11.3 Å². The van der Waals surface area contributed by atoms with Crippen LogP contribution in [0.25, 0.3) is 27.3 Å². The van der Waals surface area contributed by atoms with Crippen molar-refractivity contribution in [3.8, 4) is 11.3 Å². The summed E-state index contributed by atoms with van der Waals surface area (Å²) in [6.07, 6.45) is 3.14. The second-order valence-electron chi connectivity index (χ2n) is 6.82. The number of carboxylic acid groups (broad SMARTS) is 1. The molecule has 5 rings (SSSR count). The Morgan fingerprint density at radius 1 is 1.03 bits per heavy atom. The van der Waals surface area contributed by atoms with Crippen molar-refractivity contribution in [3.05, 3.63) is 77.7 Å². The summed E-state index contributed by atoms with van der Waals surface area (Å²) in [5.74, 6) is -1.28. The topological polar surface area (TPSA) is 109 Å². The molecule has 2 N–H and O–H groups in total. The average molecular weight is 429 g/mol. The number of hydrogen-bond acceptors (Lipinski definition) is 6. The molecule has 0 aliphatic heterocycles. The molecule has 1 amide bonds. The Labute approximate surface area is 179 Å². The number of hydrogen-bond donors (Lipinski definition) is 2. The highest BCUT2D eigenvalue weighted by atomic mass is 32.1. The highest BCUT2D eigenvalue weighted by molar-refractivity contribution is 7.15. The van der Waals surface area contributed by atoms with Gasteiger partial charge in [0.05, 0.1) is 35.0 Å². The Kier molecular flexibility index (Phi) is 4.64. The summed E-state index contributed by atoms with van der Waals surface area (Å²) in [5.41, 5.74) is 4.16. The summed E-state index contributed by atoms with van der Waals surface area (Å²) in [6, 6.07) is 14.7. The number of thiazole rings is 1. The molecule has 0 radical (unpaired) electrons. The van der Waals surface area contributed by atoms with Gasteiger partial charge in [0, 0.05) is 22.8 Å². The van der Waals surface area contributed by atoms with Gasteiger partial charge in [0.2, 0.25) is 0 Å². The normalized spacial score (nSPS) is 11.1. The highest BCUT2D eigenvalue weighted by Crippen LogP contribution is 2.30. The van der Waals surface area contributed by atoms with Crippen LogP contribution in [0.2, 0.25) is 0 Å². The molecule has 31 heavy (non-hydrogen) atoms. The van der Waals surface area contributed by atoms with Gasteiger partial charge in [-0.3, -0.25) is 19.0 Å². The number of rotatable bonds is 5. The van der Waals surface area contributed by atoms with Crippen LogP contribution in [0.15, 0.2) is 66.3 Å². The molecular weight excluding hydrogens is 414 g/mol. The largest absolute Gasteiger partial charge is 0.481 e. The molecule has 8 nitrogen and oxygen atoms in total. The molecule has 3 aromatic heterocycles. The van der Waals surface area contributed by atoms with E-state index in [0.717, 1.165) is 11.1 Å². The van der Waals surface area contributed by atoms with Crippen molar-refractivity contribution >= 4 is 44.9 Å². The van der Waals surface area contributed by atoms with Crippen LogP contribution in [-0.2, 0) is 11.2 Å². The van der Waals surface area contributed by atoms with Crippen molar-refractivity contribution in [1.29, 1.82) is 0 Å². The lowest BCUT2D eigenvalue weighted by molar-refractivity contribution is -0.136. The molecule has 0 saturated heterocycles. The van der Waals surface area contributed by atoms with Gasteiger partial charge in [0.25, 0.3) is 5.91 Å². The van der Waals surface area contributed by atoms with Crippen molar-refractivity contribution in [2.24, 2.45) is 0 Å². The first-order valence-electron chi connectivity index (χ1n) is 9.38. The number of fused-ring (bicyclic) bond motifs is 2. The fraction of sp³-hybridized carbons (Fsp3) is 0.0455. The summed E-state index contributed by atoms with van der Waals surface area (Å²) in [6.45, 7) is 0. The smallest absolute Gasteiger partial charge is 0.309 e. The van der Waals surface area contributed by atoms with Gasteiger partial charge in [0.15, 0.2) is 4.96 Å². The van der Waals surface area contributed by atoms with E-state index >= 15 is 0 Å². The van der Waals surface area contributed by atoms with Crippen LogP contribution in [0.4, 0.5) is 5.69 Å². The van der Waals surface area contributed by atoms with Crippen LogP contribution < -0.4 is 5.32 Å². The van der Waals surface area contributed by atoms with E-state index in [4.69, 9.17) is 5.11 Å². The monoisotopic (exact) mass is 429 g/mol. The molecule has 0 unspecified atom stereocenters. The lowest BCUT2D eigenvalue weighted by Gasteiger charge is -2.09. The number of aromatic nitrogens is 4. The average Bonchev–Trinajstić information content (AvgIpc) is 3.35. The molecule has 0 spiro atoms. The predicted molar refractivity (Wildman–Crippen MR) is 117 cm³/mol. The first kappa shape index (κ1) is 18.9. The lowest BCUT2D eigenvalue weighted by Crippen LogP contribution is -2.14. The molecule has 0 fully saturated rings. The molecule has 0 atom stereocenters. The Morgan fingerprint density at radius 3 is 2.65 bits per heavy atom. The third kappa shape index (κ3) is 3.62. The fourth-order valence-corrected chi connectivity index (χ4v) is 4.18. The van der Waals surface area contributed by atoms with Gasteiger partial charge in [-0.05, 0) is 18.2 Å². The third-order valence-corrected chi connectivity index (χ3v) is 5.64. The Bertz CT molecular complexity index is 1460. The molecule has 0 saturated carbocycles. The number of amides is 1. The Balaban J connectivity index is 1.47. The number of anilines is 1. The minimum Gasteiger partial charge on any atom is -0.481 e. The van der Waals surface area contributed by atoms with E-state index in [-0.39, 0.29) is 18.0 Å². The van der Waals surface area contributed by atoms with Gasteiger partial charge < -0.3 is 10.4 Å². The molecule has 0 aliphatic rings. The first-order chi connectivity index (χ1) is 15.1. The van der Waals surface area contributed by atoms with Crippen molar-refractivity contribution in [2.75, 3.05) is 5.32 Å². The maximum atomic E-state index is 12.8. The second-order valence-corrected chi connectivity index (χ2v) is 7.66. The molecule has 9 heteroatoms. The van der Waals surface area contributed by atoms with Gasteiger partial charge in [-0.25, -0.2) is 9.97 Å². The molecular formula is C22H15N5O3S. The number of nitrogens with zero attached hydrogens (tertiary/aromatic N) is 4. The zero-order valence-corrected chi connectivity index (χ0v) is 16.8. The second kappa shape index (κ2) is 7.62. The summed E-state index contributed by atoms with van der Waals surface area (Å²) < 4.78 is 1.77. The van der Waals surface area contributed by atoms with Crippen LogP contribution in [0, 0.1) is 0 Å². The fourth-order valence-electron chi connectivity index (χ4n) is 3.31. The molecule has 0 aliphatic carbocycles. The number of carbonyl (C=O) groups is 2. The number of aliphatic carboxylic acids is 1. The summed E-state index contributed by atoms with van der Waals surface area (Å²) in [7, 11) is 0. The molecule has 3 heterocycles. The SMILES string of the molecule is O=C(O)Cc1csc2nc(-c3ccccc3NC(=O)c3cnc4ccccc4n3)cn12. The quantitative estimate of drug-likeness (QED) is 0.439. The van der Waals surface area contributed by atoms with Crippen LogP contribution in [0.3, 0.4) is 0 Å². The van der Waals surface area contributed by atoms with E-state index in [9.17, 15) is 9.59 Å². The maximum absolute atomic E-state index is 12.8. The van der Waals surface area contributed by atoms with Crippen molar-refractivity contribution in [1.82, 2.24) is 19.4 Å². The van der Waals surface area contributed by atoms with Crippen LogP contribution in [-0.4, -0.2) is 36.3 Å². The first-order valence-corrected chi connectivity index (χ1v) is 10.3. The van der Waals surface area contributed by atoms with Crippen molar-refractivity contribution in [2.45, 2.75) is 6.42 Å². The number of nitrogens with one attached hydrogen (secondary N) is 1. The number of carbonyl (C=O) groups excluding carboxylic acids is 1. The molecule has 152 valence electrons. The van der Waals surface area contributed by atoms with Crippen LogP contribution in [0.1, 0.15) is 16.2 Å². The van der Waals surface area contributed by atoms with Gasteiger partial charge in [-0.2, -0.15) is 0 Å². The minimum absolute atomic E-state index is 0.0885. The van der Waals surface area contributed by atoms with E-state index in [0.29, 0.717) is 27.6 Å². The van der Waals surface area contributed by atoms with Gasteiger partial charge >= 0.3 is 5.97 Å². The lowest BCUT2D eigenvalue weighted by atomic mass is 10.1. The Hall–Kier alpha value is -4.11. The highest BCUT2D eigenvalue weighted by Gasteiger charge is 2.16. The standard InChI is InChI=1S/C22H15N5O3S/c28-20(29)9-13-12-31-22-26-19(11-27(13)22)14-5-1-2-6-15(14)25-21(30)18-10-23-16-7-3-4-8-17(16)24-18/h1-8,10-12H,9H2,(H,25,30)(H,28,29). The summed E-state index contributed by atoms with van der Waals surface area (Å²) >= 11 is 1.37. The molecule has 0 bridgehead atoms. The number of carboxylic acids is 1. The minimum atomic E-state index is -0.904. The van der Waals surface area contributed by atoms with E-state index in [2.05, 4.69) is 20.3 Å². The number of imidazole rings is 1. The maximum Gasteiger partial charge on any atom is 0.309 e. The third-order valence-electron chi connectivity index (χ3n) is 4.75. The van der Waals surface area contributed by atoms with Gasteiger partial charge in [-0.1, -0.05) is 30.3 Å². The Morgan fingerprint density at radius 2 is 1.81 bits per heavy atom. The van der Waals surface area contributed by atoms with Crippen molar-refractivity contribution in [3.63, 3.8) is 0 Å². The van der Waals surface area contributed by atoms with Crippen LogP contribution in [0.5, 0.6) is 0 Å². The summed E-state index contributed by atoms with van der Waals surface area (Å²) in [4.78, 5) is 37.9. The number of para-hydroxylation sites is 3. The zero-order valence-electron chi connectivity index (χ0n) is 16.0. The summed E-state index contributed by atoms with van der Waals surface area (Å²) in [5, 5.41) is 13.8. The van der Waals surface area contributed by atoms with Gasteiger partial charge in [0.1, 0.15) is 5.69 Å². The number of benzene rings is 2. The van der Waals surface area contributed by atoms with Crippen molar-refractivity contribution < 1.29 is 14.7 Å².